The third-order valence-corrected chi connectivity index (χ3v) is 19.4. The molecule has 17 rings (SSSR count). The fourth-order valence-electron chi connectivity index (χ4n) is 15.6. The largest absolute Gasteiger partial charge is 0.455 e. The summed E-state index contributed by atoms with van der Waals surface area (Å²) in [5.74, 6) is 0. The third-order valence-electron chi connectivity index (χ3n) is 19.4. The molecule has 0 atom stereocenters. The normalized spacial score (nSPS) is 14.8. The highest BCUT2D eigenvalue weighted by molar-refractivity contribution is 6.23. The molecule has 3 heteroatoms. The van der Waals surface area contributed by atoms with Crippen molar-refractivity contribution in [2.75, 3.05) is 9.80 Å². The van der Waals surface area contributed by atoms with E-state index in [-0.39, 0.29) is 10.8 Å². The first-order valence-electron chi connectivity index (χ1n) is 29.0. The van der Waals surface area contributed by atoms with E-state index >= 15 is 0 Å². The summed E-state index contributed by atoms with van der Waals surface area (Å²) in [6.45, 7) is 13.9. The molecule has 82 heavy (non-hydrogen) atoms. The second-order valence-corrected chi connectivity index (χ2v) is 24.5. The Hall–Kier alpha value is -9.70. The molecule has 1 spiro atoms. The highest BCUT2D eigenvalue weighted by Crippen LogP contribution is 2.68. The molecule has 0 radical (unpaired) electrons. The van der Waals surface area contributed by atoms with Crippen LogP contribution in [-0.4, -0.2) is 0 Å². The highest BCUT2D eigenvalue weighted by Gasteiger charge is 2.54. The van der Waals surface area contributed by atoms with E-state index in [1.165, 1.54) is 105 Å². The SMILES string of the molecule is Cc1ccc(N(c2ccc3c(c2)C(C)(C)c2ccccc2-3)c2cc3c(c4ccccc24)-c2c(cc(N(c4ccc(C)cc4)c4ccc5c(c4)C(C)(C)c4ccccc4-5)c4c2oc2ccccc24)C32c3ccccc3-c3ccccc32)cc1. The van der Waals surface area contributed by atoms with Crippen molar-refractivity contribution in [3.63, 3.8) is 0 Å². The lowest BCUT2D eigenvalue weighted by Crippen LogP contribution is -2.27. The standard InChI is InChI=1S/C79H58N2O/c1-47-31-35-49(36-32-47)80(51-39-41-57-53-19-9-14-26-62(53)77(3,4)66(57)43-51)70-45-68-73(60-24-8-7-23-59(60)70)75-69(79(68)64-28-16-11-21-55(64)56-22-12-17-29-65(56)79)46-71(74-61-25-13-18-30-72(61)82-76(74)75)81(50-37-33-48(2)34-38-50)52-40-42-58-54-20-10-15-27-63(54)78(5,6)67(58)44-52/h7-46H,1-6H3. The minimum Gasteiger partial charge on any atom is -0.455 e. The zero-order valence-corrected chi connectivity index (χ0v) is 46.9. The van der Waals surface area contributed by atoms with E-state index in [0.717, 1.165) is 61.6 Å². The summed E-state index contributed by atoms with van der Waals surface area (Å²) in [5.41, 5.74) is 30.2. The monoisotopic (exact) mass is 1050 g/mol. The van der Waals surface area contributed by atoms with E-state index in [0.29, 0.717) is 0 Å². The van der Waals surface area contributed by atoms with Gasteiger partial charge in [-0.1, -0.05) is 215 Å². The van der Waals surface area contributed by atoms with Gasteiger partial charge in [0, 0.05) is 49.9 Å². The van der Waals surface area contributed by atoms with Crippen LogP contribution in [0.2, 0.25) is 0 Å². The van der Waals surface area contributed by atoms with Gasteiger partial charge in [-0.05, 0) is 169 Å². The van der Waals surface area contributed by atoms with E-state index in [4.69, 9.17) is 4.42 Å². The summed E-state index contributed by atoms with van der Waals surface area (Å²) in [5, 5.41) is 4.54. The molecule has 1 heterocycles. The van der Waals surface area contributed by atoms with E-state index in [1.807, 2.05) is 0 Å². The van der Waals surface area contributed by atoms with Crippen molar-refractivity contribution < 1.29 is 4.42 Å². The van der Waals surface area contributed by atoms with Crippen molar-refractivity contribution in [1.82, 2.24) is 0 Å². The molecule has 4 aliphatic rings. The summed E-state index contributed by atoms with van der Waals surface area (Å²) < 4.78 is 7.59. The van der Waals surface area contributed by atoms with Crippen LogP contribution in [0.1, 0.15) is 83.3 Å². The average molecular weight is 1050 g/mol. The number of benzene rings is 12. The van der Waals surface area contributed by atoms with Crippen molar-refractivity contribution in [3.05, 3.63) is 298 Å². The van der Waals surface area contributed by atoms with Crippen LogP contribution >= 0.6 is 0 Å². The van der Waals surface area contributed by atoms with Crippen LogP contribution in [-0.2, 0) is 16.2 Å². The average Bonchev–Trinajstić information content (AvgIpc) is 1.95. The third kappa shape index (κ3) is 6.15. The van der Waals surface area contributed by atoms with Gasteiger partial charge in [-0.15, -0.1) is 0 Å². The first kappa shape index (κ1) is 47.1. The Balaban J connectivity index is 1.01. The number of rotatable bonds is 6. The minimum atomic E-state index is -0.764. The number of anilines is 6. The van der Waals surface area contributed by atoms with Crippen LogP contribution in [0.25, 0.3) is 77.2 Å². The molecule has 13 aromatic rings. The first-order chi connectivity index (χ1) is 40.0. The summed E-state index contributed by atoms with van der Waals surface area (Å²) >= 11 is 0. The van der Waals surface area contributed by atoms with Crippen LogP contribution in [0.4, 0.5) is 34.1 Å². The second-order valence-electron chi connectivity index (χ2n) is 24.5. The van der Waals surface area contributed by atoms with Gasteiger partial charge >= 0.3 is 0 Å². The predicted octanol–water partition coefficient (Wildman–Crippen LogP) is 21.3. The Kier molecular flexibility index (Phi) is 9.60. The molecule has 3 nitrogen and oxygen atoms in total. The van der Waals surface area contributed by atoms with Gasteiger partial charge in [-0.25, -0.2) is 0 Å². The highest BCUT2D eigenvalue weighted by atomic mass is 16.3. The Morgan fingerprint density at radius 1 is 0.305 bits per heavy atom. The maximum atomic E-state index is 7.59. The molecule has 0 saturated carbocycles. The zero-order chi connectivity index (χ0) is 55.0. The maximum absolute atomic E-state index is 7.59. The number of hydrogen-bond acceptors (Lipinski definition) is 3. The zero-order valence-electron chi connectivity index (χ0n) is 46.9. The summed E-state index contributed by atoms with van der Waals surface area (Å²) in [7, 11) is 0. The number of para-hydroxylation sites is 1. The molecule has 0 bridgehead atoms. The summed E-state index contributed by atoms with van der Waals surface area (Å²) in [4.78, 5) is 5.07. The van der Waals surface area contributed by atoms with Crippen molar-refractivity contribution in [2.45, 2.75) is 57.8 Å². The Bertz CT molecular complexity index is 4850. The number of aryl methyl sites for hydroxylation is 2. The van der Waals surface area contributed by atoms with Gasteiger partial charge in [0.25, 0.3) is 0 Å². The number of nitrogens with zero attached hydrogens (tertiary/aromatic N) is 2. The van der Waals surface area contributed by atoms with Crippen LogP contribution < -0.4 is 9.80 Å². The number of furan rings is 1. The molecule has 12 aromatic carbocycles. The lowest BCUT2D eigenvalue weighted by atomic mass is 9.70. The molecule has 4 aliphatic carbocycles. The number of hydrogen-bond donors (Lipinski definition) is 0. The number of fused-ring (bicyclic) bond motifs is 22. The predicted molar refractivity (Wildman–Crippen MR) is 341 cm³/mol. The summed E-state index contributed by atoms with van der Waals surface area (Å²) in [6, 6.07) is 92.0. The lowest BCUT2D eigenvalue weighted by Gasteiger charge is -2.34. The van der Waals surface area contributed by atoms with Crippen LogP contribution in [0.15, 0.2) is 247 Å². The molecule has 390 valence electrons. The molecule has 0 fully saturated rings. The van der Waals surface area contributed by atoms with Crippen LogP contribution in [0.5, 0.6) is 0 Å². The molecule has 0 saturated heterocycles. The van der Waals surface area contributed by atoms with Crippen LogP contribution in [0.3, 0.4) is 0 Å². The Labute approximate surface area is 479 Å². The van der Waals surface area contributed by atoms with Gasteiger partial charge in [0.05, 0.1) is 22.2 Å². The fourth-order valence-corrected chi connectivity index (χ4v) is 15.6. The van der Waals surface area contributed by atoms with Crippen molar-refractivity contribution in [3.8, 4) is 44.5 Å². The molecule has 0 unspecified atom stereocenters. The Morgan fingerprint density at radius 3 is 1.23 bits per heavy atom. The second kappa shape index (κ2) is 16.7. The van der Waals surface area contributed by atoms with E-state index in [2.05, 4.69) is 294 Å². The van der Waals surface area contributed by atoms with Gasteiger partial charge in [-0.2, -0.15) is 0 Å². The fraction of sp³-hybridized carbons (Fsp3) is 0.114. The van der Waals surface area contributed by atoms with E-state index < -0.39 is 5.41 Å². The first-order valence-corrected chi connectivity index (χ1v) is 29.0. The van der Waals surface area contributed by atoms with E-state index in [9.17, 15) is 0 Å². The molecule has 1 aromatic heterocycles. The van der Waals surface area contributed by atoms with Crippen molar-refractivity contribution in [1.29, 1.82) is 0 Å². The summed E-state index contributed by atoms with van der Waals surface area (Å²) in [6.07, 6.45) is 0. The molecular weight excluding hydrogens is 993 g/mol. The topological polar surface area (TPSA) is 19.6 Å². The van der Waals surface area contributed by atoms with Crippen LogP contribution in [0, 0.1) is 13.8 Å². The molecule has 0 N–H and O–H groups in total. The van der Waals surface area contributed by atoms with Gasteiger partial charge in [0.15, 0.2) is 0 Å². The van der Waals surface area contributed by atoms with E-state index in [1.54, 1.807) is 0 Å². The van der Waals surface area contributed by atoms with Gasteiger partial charge in [-0.3, -0.25) is 0 Å². The molecule has 0 aliphatic heterocycles. The van der Waals surface area contributed by atoms with Gasteiger partial charge in [0.1, 0.15) is 11.2 Å². The van der Waals surface area contributed by atoms with Crippen molar-refractivity contribution in [2.24, 2.45) is 0 Å². The van der Waals surface area contributed by atoms with Gasteiger partial charge < -0.3 is 14.2 Å². The lowest BCUT2D eigenvalue weighted by molar-refractivity contribution is 0.660. The maximum Gasteiger partial charge on any atom is 0.145 e. The van der Waals surface area contributed by atoms with Crippen molar-refractivity contribution >= 4 is 66.8 Å². The Morgan fingerprint density at radius 2 is 0.695 bits per heavy atom. The smallest absolute Gasteiger partial charge is 0.145 e. The van der Waals surface area contributed by atoms with Gasteiger partial charge in [0.2, 0.25) is 0 Å². The minimum absolute atomic E-state index is 0.188. The molecule has 0 amide bonds. The molecular formula is C79H58N2O. The quantitative estimate of drug-likeness (QED) is 0.165.